The summed E-state index contributed by atoms with van der Waals surface area (Å²) >= 11 is 0. The quantitative estimate of drug-likeness (QED) is 0.257. The molecule has 0 unspecified atom stereocenters. The first kappa shape index (κ1) is 27.1. The van der Waals surface area contributed by atoms with E-state index in [4.69, 9.17) is 0 Å². The number of aryl methyl sites for hydroxylation is 3. The first-order chi connectivity index (χ1) is 14.8. The minimum Gasteiger partial charge on any atom is -0.418 e. The van der Waals surface area contributed by atoms with Crippen molar-refractivity contribution < 1.29 is 43.7 Å². The Hall–Kier alpha value is -2.91. The number of hydrogen-bond donors (Lipinski definition) is 0. The molecular weight excluding hydrogens is 442 g/mol. The summed E-state index contributed by atoms with van der Waals surface area (Å²) in [5, 5.41) is 0. The van der Waals surface area contributed by atoms with Crippen molar-refractivity contribution in [3.05, 3.63) is 84.9 Å². The number of pyridine rings is 2. The summed E-state index contributed by atoms with van der Waals surface area (Å²) in [6, 6.07) is 19.4. The van der Waals surface area contributed by atoms with Crippen molar-refractivity contribution in [2.24, 2.45) is 0 Å². The van der Waals surface area contributed by atoms with Crippen molar-refractivity contribution in [3.8, 4) is 11.1 Å². The average Bonchev–Trinajstić information content (AvgIpc) is 2.71. The maximum Gasteiger partial charge on any atom is 0.673 e. The van der Waals surface area contributed by atoms with Gasteiger partial charge in [0.15, 0.2) is 31.3 Å². The van der Waals surface area contributed by atoms with Crippen LogP contribution in [0.3, 0.4) is 0 Å². The largest absolute Gasteiger partial charge is 0.673 e. The molecule has 0 radical (unpaired) electrons. The highest BCUT2D eigenvalue weighted by Gasteiger charge is 2.21. The smallest absolute Gasteiger partial charge is 0.418 e. The molecule has 0 N–H and O–H groups in total. The average molecular weight is 464 g/mol. The number of aromatic nitrogens is 2. The molecule has 1 aromatic carbocycles. The molecule has 0 fully saturated rings. The van der Waals surface area contributed by atoms with E-state index in [1.165, 1.54) is 16.7 Å². The molecule has 0 aliphatic carbocycles. The Morgan fingerprint density at radius 3 is 1.34 bits per heavy atom. The summed E-state index contributed by atoms with van der Waals surface area (Å²) in [7, 11) is -12.0. The van der Waals surface area contributed by atoms with Crippen LogP contribution < -0.4 is 9.13 Å². The maximum absolute atomic E-state index is 9.75. The van der Waals surface area contributed by atoms with E-state index in [1.807, 2.05) is 0 Å². The highest BCUT2D eigenvalue weighted by Crippen LogP contribution is 2.15. The Kier molecular flexibility index (Phi) is 10.9. The van der Waals surface area contributed by atoms with Gasteiger partial charge in [-0.1, -0.05) is 30.3 Å². The number of benzene rings is 1. The van der Waals surface area contributed by atoms with Gasteiger partial charge in [-0.2, -0.15) is 0 Å². The minimum absolute atomic E-state index is 1.01. The predicted octanol–water partition coefficient (Wildman–Crippen LogP) is 5.79. The topological polar surface area (TPSA) is 7.76 Å². The van der Waals surface area contributed by atoms with Crippen LogP contribution >= 0.6 is 0 Å². The maximum atomic E-state index is 9.75. The molecule has 0 spiro atoms. The lowest BCUT2D eigenvalue weighted by Gasteiger charge is -2.01. The zero-order valence-electron chi connectivity index (χ0n) is 17.2. The Balaban J connectivity index is 0.000000431. The first-order valence-electron chi connectivity index (χ1n) is 9.62. The van der Waals surface area contributed by atoms with Crippen molar-refractivity contribution in [2.75, 3.05) is 0 Å². The van der Waals surface area contributed by atoms with E-state index in [-0.39, 0.29) is 0 Å². The van der Waals surface area contributed by atoms with Crippen molar-refractivity contribution in [2.45, 2.75) is 26.4 Å². The van der Waals surface area contributed by atoms with Crippen molar-refractivity contribution in [3.63, 3.8) is 0 Å². The van der Waals surface area contributed by atoms with Crippen LogP contribution in [0.4, 0.5) is 34.5 Å². The van der Waals surface area contributed by atoms with Gasteiger partial charge in [-0.3, -0.25) is 0 Å². The van der Waals surface area contributed by atoms with Crippen LogP contribution in [0.25, 0.3) is 11.1 Å². The fourth-order valence-electron chi connectivity index (χ4n) is 2.56. The Morgan fingerprint density at radius 1 is 0.594 bits per heavy atom. The molecule has 0 bridgehead atoms. The standard InChI is InChI=1S/C20H22N2.2BF4/c1-2-21-14-9-19(10-15-21)20-11-16-22(17-12-20)13-8-18-6-4-3-5-7-18;2*2-1(3,4)5/h3-7,9-12,14-17H,2,8,13H2,1H3;;/q+2;2*-1. The molecule has 12 heteroatoms. The van der Waals surface area contributed by atoms with Gasteiger partial charge >= 0.3 is 14.5 Å². The molecule has 0 aliphatic rings. The summed E-state index contributed by atoms with van der Waals surface area (Å²) in [4.78, 5) is 0. The first-order valence-corrected chi connectivity index (χ1v) is 9.62. The third-order valence-electron chi connectivity index (χ3n) is 3.98. The van der Waals surface area contributed by atoms with Gasteiger partial charge < -0.3 is 34.5 Å². The Labute approximate surface area is 181 Å². The lowest BCUT2D eigenvalue weighted by atomic mass is 10.1. The van der Waals surface area contributed by atoms with Gasteiger partial charge in [0.1, 0.15) is 6.54 Å². The molecule has 2 heterocycles. The van der Waals surface area contributed by atoms with E-state index in [9.17, 15) is 34.5 Å². The monoisotopic (exact) mass is 464 g/mol. The normalized spacial score (nSPS) is 11.0. The lowest BCUT2D eigenvalue weighted by molar-refractivity contribution is -0.696. The predicted molar refractivity (Wildman–Crippen MR) is 108 cm³/mol. The van der Waals surface area contributed by atoms with Gasteiger partial charge in [0.25, 0.3) is 0 Å². The van der Waals surface area contributed by atoms with Gasteiger partial charge in [-0.25, -0.2) is 9.13 Å². The molecule has 0 saturated carbocycles. The second-order valence-corrected chi connectivity index (χ2v) is 6.47. The van der Waals surface area contributed by atoms with E-state index in [0.29, 0.717) is 0 Å². The summed E-state index contributed by atoms with van der Waals surface area (Å²) < 4.78 is 82.4. The zero-order chi connectivity index (χ0) is 24.2. The van der Waals surface area contributed by atoms with Crippen LogP contribution in [0.5, 0.6) is 0 Å². The van der Waals surface area contributed by atoms with Gasteiger partial charge in [-0.05, 0) is 23.6 Å². The second-order valence-electron chi connectivity index (χ2n) is 6.47. The van der Waals surface area contributed by atoms with Crippen LogP contribution in [0.15, 0.2) is 79.4 Å². The number of hydrogen-bond acceptors (Lipinski definition) is 0. The molecule has 174 valence electrons. The molecule has 2 aromatic heterocycles. The molecule has 2 nitrogen and oxygen atoms in total. The van der Waals surface area contributed by atoms with E-state index >= 15 is 0 Å². The van der Waals surface area contributed by atoms with E-state index in [2.05, 4.69) is 95.4 Å². The van der Waals surface area contributed by atoms with Crippen molar-refractivity contribution >= 4 is 14.5 Å². The molecule has 0 amide bonds. The van der Waals surface area contributed by atoms with Gasteiger partial charge in [0, 0.05) is 30.7 Å². The molecule has 3 aromatic rings. The third-order valence-corrected chi connectivity index (χ3v) is 3.98. The van der Waals surface area contributed by atoms with Crippen LogP contribution in [0, 0.1) is 0 Å². The van der Waals surface area contributed by atoms with E-state index in [1.54, 1.807) is 0 Å². The zero-order valence-corrected chi connectivity index (χ0v) is 17.2. The van der Waals surface area contributed by atoms with E-state index in [0.717, 1.165) is 19.5 Å². The second kappa shape index (κ2) is 12.8. The molecule has 0 atom stereocenters. The van der Waals surface area contributed by atoms with E-state index < -0.39 is 14.5 Å². The van der Waals surface area contributed by atoms with Gasteiger partial charge in [0.2, 0.25) is 0 Å². The fourth-order valence-corrected chi connectivity index (χ4v) is 2.56. The highest BCUT2D eigenvalue weighted by atomic mass is 19.5. The summed E-state index contributed by atoms with van der Waals surface area (Å²) in [5.41, 5.74) is 3.91. The number of halogens is 8. The Morgan fingerprint density at radius 2 is 0.969 bits per heavy atom. The van der Waals surface area contributed by atoms with Crippen LogP contribution in [-0.4, -0.2) is 14.5 Å². The molecule has 3 rings (SSSR count). The summed E-state index contributed by atoms with van der Waals surface area (Å²) in [6.07, 6.45) is 9.66. The minimum atomic E-state index is -6.00. The van der Waals surface area contributed by atoms with Crippen LogP contribution in [0.2, 0.25) is 0 Å². The molecule has 0 aliphatic heterocycles. The molecule has 0 saturated heterocycles. The SMILES string of the molecule is CC[n+]1ccc(-c2cc[n+](CCc3ccccc3)cc2)cc1.F[B-](F)(F)F.F[B-](F)(F)F. The molecule has 32 heavy (non-hydrogen) atoms. The van der Waals surface area contributed by atoms with Gasteiger partial charge in [-0.15, -0.1) is 0 Å². The highest BCUT2D eigenvalue weighted by molar-refractivity contribution is 6.50. The molecular formula is C20H22B2F8N2. The van der Waals surface area contributed by atoms with Crippen LogP contribution in [-0.2, 0) is 19.5 Å². The fraction of sp³-hybridized carbons (Fsp3) is 0.200. The summed E-state index contributed by atoms with van der Waals surface area (Å²) in [5.74, 6) is 0. The Bertz CT molecular complexity index is 876. The number of rotatable bonds is 5. The summed E-state index contributed by atoms with van der Waals surface area (Å²) in [6.45, 7) is 4.17. The van der Waals surface area contributed by atoms with Crippen LogP contribution in [0.1, 0.15) is 12.5 Å². The number of nitrogens with zero attached hydrogens (tertiary/aromatic N) is 2. The van der Waals surface area contributed by atoms with Crippen molar-refractivity contribution in [1.29, 1.82) is 0 Å². The third kappa shape index (κ3) is 14.2. The van der Waals surface area contributed by atoms with Gasteiger partial charge in [0.05, 0.1) is 0 Å². The van der Waals surface area contributed by atoms with Crippen molar-refractivity contribution in [1.82, 2.24) is 0 Å². The lowest BCUT2D eigenvalue weighted by Crippen LogP contribution is -2.33.